The van der Waals surface area contributed by atoms with Crippen molar-refractivity contribution in [1.82, 2.24) is 10.6 Å². The van der Waals surface area contributed by atoms with Gasteiger partial charge in [0.05, 0.1) is 18.8 Å². The minimum Gasteiger partial charge on any atom is -0.454 e. The van der Waals surface area contributed by atoms with E-state index < -0.39 is 6.10 Å². The SMILES string of the molecule is O=C(Nc1ccc2c(c1)OCO2)N[C@@H]1CC[C@@H](CCNC(=O)C2CCCCC2)O[C@@H]1CO. The number of aliphatic hydroxyl groups excluding tert-OH is 1. The Bertz CT molecular complexity index is 798. The normalized spacial score (nSPS) is 25.2. The van der Waals surface area contributed by atoms with Crippen LogP contribution in [0.5, 0.6) is 11.5 Å². The molecule has 0 spiro atoms. The van der Waals surface area contributed by atoms with Crippen molar-refractivity contribution in [2.45, 2.75) is 69.6 Å². The third-order valence-electron chi connectivity index (χ3n) is 6.48. The van der Waals surface area contributed by atoms with Crippen LogP contribution in [0.3, 0.4) is 0 Å². The molecule has 0 bridgehead atoms. The Balaban J connectivity index is 1.19. The minimum absolute atomic E-state index is 0.0474. The number of urea groups is 1. The Morgan fingerprint density at radius 3 is 2.66 bits per heavy atom. The summed E-state index contributed by atoms with van der Waals surface area (Å²) in [6.07, 6.45) is 7.10. The van der Waals surface area contributed by atoms with E-state index in [4.69, 9.17) is 14.2 Å². The van der Waals surface area contributed by atoms with Crippen molar-refractivity contribution in [2.75, 3.05) is 25.3 Å². The van der Waals surface area contributed by atoms with Gasteiger partial charge in [0.25, 0.3) is 0 Å². The van der Waals surface area contributed by atoms with Crippen molar-refractivity contribution in [2.24, 2.45) is 5.92 Å². The summed E-state index contributed by atoms with van der Waals surface area (Å²) in [6, 6.07) is 4.54. The average molecular weight is 448 g/mol. The lowest BCUT2D eigenvalue weighted by molar-refractivity contribution is -0.126. The van der Waals surface area contributed by atoms with Crippen LogP contribution in [0.2, 0.25) is 0 Å². The molecule has 1 aromatic carbocycles. The molecule has 1 aliphatic carbocycles. The molecule has 4 rings (SSSR count). The topological polar surface area (TPSA) is 118 Å². The summed E-state index contributed by atoms with van der Waals surface area (Å²) in [5, 5.41) is 18.5. The molecule has 1 saturated carbocycles. The van der Waals surface area contributed by atoms with Crippen LogP contribution in [0.25, 0.3) is 0 Å². The van der Waals surface area contributed by atoms with Gasteiger partial charge in [-0.2, -0.15) is 0 Å². The lowest BCUT2D eigenvalue weighted by Gasteiger charge is -2.36. The molecule has 0 aromatic heterocycles. The second-order valence-electron chi connectivity index (χ2n) is 8.74. The number of nitrogens with one attached hydrogen (secondary N) is 3. The van der Waals surface area contributed by atoms with E-state index in [2.05, 4.69) is 16.0 Å². The molecule has 9 heteroatoms. The molecule has 9 nitrogen and oxygen atoms in total. The summed E-state index contributed by atoms with van der Waals surface area (Å²) >= 11 is 0. The van der Waals surface area contributed by atoms with Crippen LogP contribution in [0.15, 0.2) is 18.2 Å². The molecule has 3 atom stereocenters. The molecule has 3 amide bonds. The first-order chi connectivity index (χ1) is 15.6. The second-order valence-corrected chi connectivity index (χ2v) is 8.74. The number of anilines is 1. The Hall–Kier alpha value is -2.52. The van der Waals surface area contributed by atoms with E-state index in [-0.39, 0.29) is 43.4 Å². The highest BCUT2D eigenvalue weighted by molar-refractivity contribution is 5.90. The zero-order valence-corrected chi connectivity index (χ0v) is 18.3. The quantitative estimate of drug-likeness (QED) is 0.510. The highest BCUT2D eigenvalue weighted by Gasteiger charge is 2.32. The van der Waals surface area contributed by atoms with Gasteiger partial charge in [-0.3, -0.25) is 4.79 Å². The van der Waals surface area contributed by atoms with Gasteiger partial charge in [-0.1, -0.05) is 19.3 Å². The van der Waals surface area contributed by atoms with Crippen LogP contribution in [-0.4, -0.2) is 55.2 Å². The lowest BCUT2D eigenvalue weighted by Crippen LogP contribution is -2.52. The number of carbonyl (C=O) groups excluding carboxylic acids is 2. The first-order valence-electron chi connectivity index (χ1n) is 11.6. The molecule has 176 valence electrons. The fourth-order valence-corrected chi connectivity index (χ4v) is 4.68. The lowest BCUT2D eigenvalue weighted by atomic mass is 9.88. The molecule has 2 aliphatic heterocycles. The van der Waals surface area contributed by atoms with Crippen LogP contribution >= 0.6 is 0 Å². The highest BCUT2D eigenvalue weighted by atomic mass is 16.7. The van der Waals surface area contributed by atoms with E-state index in [0.29, 0.717) is 36.6 Å². The number of rotatable bonds is 7. The maximum atomic E-state index is 12.4. The zero-order valence-electron chi connectivity index (χ0n) is 18.3. The average Bonchev–Trinajstić information content (AvgIpc) is 3.28. The van der Waals surface area contributed by atoms with Gasteiger partial charge in [-0.25, -0.2) is 4.79 Å². The Labute approximate surface area is 188 Å². The summed E-state index contributed by atoms with van der Waals surface area (Å²) in [5.41, 5.74) is 0.593. The van der Waals surface area contributed by atoms with Crippen molar-refractivity contribution < 1.29 is 28.9 Å². The molecule has 2 fully saturated rings. The minimum atomic E-state index is -0.481. The fraction of sp³-hybridized carbons (Fsp3) is 0.652. The first kappa shape index (κ1) is 22.7. The molecule has 1 saturated heterocycles. The van der Waals surface area contributed by atoms with Crippen LogP contribution in [0.1, 0.15) is 51.4 Å². The van der Waals surface area contributed by atoms with Crippen molar-refractivity contribution in [3.63, 3.8) is 0 Å². The predicted molar refractivity (Wildman–Crippen MR) is 118 cm³/mol. The third kappa shape index (κ3) is 5.83. The van der Waals surface area contributed by atoms with Gasteiger partial charge in [0, 0.05) is 24.2 Å². The number of carbonyl (C=O) groups is 2. The van der Waals surface area contributed by atoms with Gasteiger partial charge in [0.15, 0.2) is 11.5 Å². The molecule has 1 aromatic rings. The standard InChI is InChI=1S/C23H33N3O6/c27-13-21-18(26-23(29)25-16-6-9-19-20(12-16)31-14-30-19)8-7-17(32-21)10-11-24-22(28)15-4-2-1-3-5-15/h6,9,12,15,17-18,21,27H,1-5,7-8,10-11,13-14H2,(H,24,28)(H2,25,26,29)/t17-,18+,21+/m0/s1. The van der Waals surface area contributed by atoms with Crippen LogP contribution in [0.4, 0.5) is 10.5 Å². The molecule has 32 heavy (non-hydrogen) atoms. The number of hydrogen-bond acceptors (Lipinski definition) is 6. The smallest absolute Gasteiger partial charge is 0.319 e. The van der Waals surface area contributed by atoms with E-state index in [1.807, 2.05) is 0 Å². The summed E-state index contributed by atoms with van der Waals surface area (Å²) in [6.45, 7) is 0.564. The molecular formula is C23H33N3O6. The predicted octanol–water partition coefficient (Wildman–Crippen LogP) is 2.53. The number of hydrogen-bond donors (Lipinski definition) is 4. The van der Waals surface area contributed by atoms with Crippen molar-refractivity contribution in [3.05, 3.63) is 18.2 Å². The molecular weight excluding hydrogens is 414 g/mol. The van der Waals surface area contributed by atoms with E-state index in [1.54, 1.807) is 18.2 Å². The van der Waals surface area contributed by atoms with Gasteiger partial charge in [0.2, 0.25) is 12.7 Å². The first-order valence-corrected chi connectivity index (χ1v) is 11.6. The number of aliphatic hydroxyl groups is 1. The van der Waals surface area contributed by atoms with Crippen molar-refractivity contribution in [1.29, 1.82) is 0 Å². The van der Waals surface area contributed by atoms with Gasteiger partial charge in [-0.05, 0) is 44.2 Å². The second kappa shape index (κ2) is 10.9. The largest absolute Gasteiger partial charge is 0.454 e. The summed E-state index contributed by atoms with van der Waals surface area (Å²) in [4.78, 5) is 24.7. The molecule has 4 N–H and O–H groups in total. The zero-order chi connectivity index (χ0) is 22.3. The molecule has 3 aliphatic rings. The molecule has 2 heterocycles. The van der Waals surface area contributed by atoms with E-state index in [9.17, 15) is 14.7 Å². The molecule has 0 unspecified atom stereocenters. The Morgan fingerprint density at radius 2 is 1.84 bits per heavy atom. The number of ether oxygens (including phenoxy) is 3. The number of benzene rings is 1. The summed E-state index contributed by atoms with van der Waals surface area (Å²) in [7, 11) is 0. The Kier molecular flexibility index (Phi) is 7.70. The fourth-order valence-electron chi connectivity index (χ4n) is 4.68. The van der Waals surface area contributed by atoms with Gasteiger partial charge in [-0.15, -0.1) is 0 Å². The number of amides is 3. The Morgan fingerprint density at radius 1 is 1.03 bits per heavy atom. The van der Waals surface area contributed by atoms with Crippen molar-refractivity contribution in [3.8, 4) is 11.5 Å². The van der Waals surface area contributed by atoms with Crippen LogP contribution < -0.4 is 25.4 Å². The third-order valence-corrected chi connectivity index (χ3v) is 6.48. The monoisotopic (exact) mass is 447 g/mol. The highest BCUT2D eigenvalue weighted by Crippen LogP contribution is 2.34. The van der Waals surface area contributed by atoms with Crippen LogP contribution in [-0.2, 0) is 9.53 Å². The number of fused-ring (bicyclic) bond motifs is 1. The summed E-state index contributed by atoms with van der Waals surface area (Å²) < 4.78 is 16.6. The van der Waals surface area contributed by atoms with E-state index >= 15 is 0 Å². The summed E-state index contributed by atoms with van der Waals surface area (Å²) in [5.74, 6) is 1.55. The van der Waals surface area contributed by atoms with Crippen molar-refractivity contribution >= 4 is 17.6 Å². The van der Waals surface area contributed by atoms with Gasteiger partial charge < -0.3 is 35.3 Å². The maximum absolute atomic E-state index is 12.4. The van der Waals surface area contributed by atoms with Crippen LogP contribution in [0, 0.1) is 5.92 Å². The van der Waals surface area contributed by atoms with E-state index in [0.717, 1.165) is 32.1 Å². The van der Waals surface area contributed by atoms with Gasteiger partial charge in [0.1, 0.15) is 6.10 Å². The van der Waals surface area contributed by atoms with E-state index in [1.165, 1.54) is 6.42 Å². The van der Waals surface area contributed by atoms with Gasteiger partial charge >= 0.3 is 6.03 Å². The molecule has 0 radical (unpaired) electrons. The maximum Gasteiger partial charge on any atom is 0.319 e.